The van der Waals surface area contributed by atoms with Gasteiger partial charge in [0.2, 0.25) is 0 Å². The van der Waals surface area contributed by atoms with E-state index in [-0.39, 0.29) is 4.90 Å². The van der Waals surface area contributed by atoms with Crippen molar-refractivity contribution < 1.29 is 8.42 Å². The molecule has 0 saturated carbocycles. The summed E-state index contributed by atoms with van der Waals surface area (Å²) in [6, 6.07) is 14.1. The summed E-state index contributed by atoms with van der Waals surface area (Å²) in [6.45, 7) is 0. The smallest absolute Gasteiger partial charge is 0.177 e. The van der Waals surface area contributed by atoms with Gasteiger partial charge < -0.3 is 0 Å². The predicted molar refractivity (Wildman–Crippen MR) is 87.1 cm³/mol. The Hall–Kier alpha value is -2.11. The molecule has 6 heteroatoms. The summed E-state index contributed by atoms with van der Waals surface area (Å²) in [5, 5.41) is 0.637. The quantitative estimate of drug-likeness (QED) is 0.736. The summed E-state index contributed by atoms with van der Waals surface area (Å²) in [5.41, 5.74) is 1.44. The van der Waals surface area contributed by atoms with Crippen molar-refractivity contribution in [1.82, 2.24) is 9.55 Å². The fourth-order valence-electron chi connectivity index (χ4n) is 2.28. The molecule has 0 aliphatic carbocycles. The third-order valence-corrected chi connectivity index (χ3v) is 4.66. The molecule has 112 valence electrons. The number of rotatable bonds is 3. The molecule has 0 fully saturated rings. The van der Waals surface area contributed by atoms with Crippen molar-refractivity contribution in [3.05, 3.63) is 65.9 Å². The Labute approximate surface area is 133 Å². The molecular formula is C16H13ClN2O2S. The van der Waals surface area contributed by atoms with Crippen LogP contribution in [0.15, 0.2) is 65.8 Å². The number of nitrogens with zero attached hydrogens (tertiary/aromatic N) is 2. The van der Waals surface area contributed by atoms with Gasteiger partial charge in [-0.15, -0.1) is 0 Å². The van der Waals surface area contributed by atoms with E-state index in [9.17, 15) is 8.42 Å². The Kier molecular flexibility index (Phi) is 3.76. The van der Waals surface area contributed by atoms with Gasteiger partial charge in [-0.25, -0.2) is 13.4 Å². The molecule has 2 aromatic carbocycles. The Morgan fingerprint density at radius 2 is 1.73 bits per heavy atom. The van der Waals surface area contributed by atoms with Crippen molar-refractivity contribution in [3.8, 4) is 17.1 Å². The fraction of sp³-hybridized carbons (Fsp3) is 0.0625. The SMILES string of the molecule is CS(=O)(=O)c1ccccc1-n1ccnc1-c1ccc(Cl)cc1. The zero-order valence-electron chi connectivity index (χ0n) is 11.8. The highest BCUT2D eigenvalue weighted by Crippen LogP contribution is 2.26. The first-order valence-corrected chi connectivity index (χ1v) is 8.82. The first kappa shape index (κ1) is 14.8. The molecule has 0 aliphatic heterocycles. The van der Waals surface area contributed by atoms with Crippen LogP contribution >= 0.6 is 11.6 Å². The summed E-state index contributed by atoms with van der Waals surface area (Å²) in [5.74, 6) is 0.660. The normalized spacial score (nSPS) is 11.5. The van der Waals surface area contributed by atoms with Gasteiger partial charge in [0.1, 0.15) is 5.82 Å². The lowest BCUT2D eigenvalue weighted by atomic mass is 10.2. The van der Waals surface area contributed by atoms with E-state index < -0.39 is 9.84 Å². The number of benzene rings is 2. The Morgan fingerprint density at radius 3 is 2.41 bits per heavy atom. The van der Waals surface area contributed by atoms with Crippen LogP contribution < -0.4 is 0 Å². The van der Waals surface area contributed by atoms with E-state index in [1.165, 1.54) is 6.26 Å². The highest BCUT2D eigenvalue weighted by atomic mass is 35.5. The number of para-hydroxylation sites is 1. The standard InChI is InChI=1S/C16H13ClN2O2S/c1-22(20,21)15-5-3-2-4-14(15)19-11-10-18-16(19)12-6-8-13(17)9-7-12/h2-11H,1H3. The first-order valence-electron chi connectivity index (χ1n) is 6.55. The van der Waals surface area contributed by atoms with E-state index in [1.807, 2.05) is 12.1 Å². The van der Waals surface area contributed by atoms with Gasteiger partial charge >= 0.3 is 0 Å². The van der Waals surface area contributed by atoms with Crippen molar-refractivity contribution in [2.24, 2.45) is 0 Å². The zero-order chi connectivity index (χ0) is 15.7. The van der Waals surface area contributed by atoms with Gasteiger partial charge in [-0.05, 0) is 36.4 Å². The van der Waals surface area contributed by atoms with Crippen LogP contribution in [0.3, 0.4) is 0 Å². The maximum absolute atomic E-state index is 12.0. The van der Waals surface area contributed by atoms with Crippen LogP contribution in [-0.2, 0) is 9.84 Å². The van der Waals surface area contributed by atoms with Crippen molar-refractivity contribution in [1.29, 1.82) is 0 Å². The van der Waals surface area contributed by atoms with E-state index in [4.69, 9.17) is 11.6 Å². The molecule has 3 rings (SSSR count). The Bertz CT molecular complexity index is 915. The lowest BCUT2D eigenvalue weighted by molar-refractivity contribution is 0.601. The number of aromatic nitrogens is 2. The van der Waals surface area contributed by atoms with Gasteiger partial charge in [0.25, 0.3) is 0 Å². The maximum Gasteiger partial charge on any atom is 0.177 e. The second-order valence-corrected chi connectivity index (χ2v) is 7.29. The lowest BCUT2D eigenvalue weighted by Crippen LogP contribution is -2.05. The monoisotopic (exact) mass is 332 g/mol. The summed E-state index contributed by atoms with van der Waals surface area (Å²) in [7, 11) is -3.33. The second-order valence-electron chi connectivity index (χ2n) is 4.87. The van der Waals surface area contributed by atoms with Gasteiger partial charge in [0.05, 0.1) is 10.6 Å². The second kappa shape index (κ2) is 5.59. The van der Waals surface area contributed by atoms with Gasteiger partial charge in [-0.3, -0.25) is 4.57 Å². The van der Waals surface area contributed by atoms with Crippen LogP contribution in [0.2, 0.25) is 5.02 Å². The topological polar surface area (TPSA) is 52.0 Å². The molecule has 0 amide bonds. The molecule has 1 heterocycles. The largest absolute Gasteiger partial charge is 0.298 e. The molecule has 3 aromatic rings. The predicted octanol–water partition coefficient (Wildman–Crippen LogP) is 3.60. The fourth-order valence-corrected chi connectivity index (χ4v) is 3.28. The summed E-state index contributed by atoms with van der Waals surface area (Å²) in [6.07, 6.45) is 4.58. The minimum atomic E-state index is -3.33. The maximum atomic E-state index is 12.0. The molecule has 4 nitrogen and oxygen atoms in total. The molecule has 0 atom stereocenters. The molecule has 0 unspecified atom stereocenters. The molecule has 0 bridgehead atoms. The molecule has 0 aliphatic rings. The Morgan fingerprint density at radius 1 is 1.05 bits per heavy atom. The number of sulfone groups is 1. The van der Waals surface area contributed by atoms with E-state index in [0.717, 1.165) is 5.56 Å². The third kappa shape index (κ3) is 2.77. The molecule has 22 heavy (non-hydrogen) atoms. The van der Waals surface area contributed by atoms with Gasteiger partial charge in [0, 0.05) is 29.2 Å². The molecule has 0 spiro atoms. The van der Waals surface area contributed by atoms with Gasteiger partial charge in [0.15, 0.2) is 9.84 Å². The molecule has 0 radical (unpaired) electrons. The van der Waals surface area contributed by atoms with Crippen LogP contribution in [0.1, 0.15) is 0 Å². The zero-order valence-corrected chi connectivity index (χ0v) is 13.3. The molecular weight excluding hydrogens is 320 g/mol. The van der Waals surface area contributed by atoms with Crippen molar-refractivity contribution in [2.45, 2.75) is 4.90 Å². The van der Waals surface area contributed by atoms with E-state index >= 15 is 0 Å². The number of imidazole rings is 1. The highest BCUT2D eigenvalue weighted by Gasteiger charge is 2.16. The average Bonchev–Trinajstić information content (AvgIpc) is 2.96. The molecule has 0 N–H and O–H groups in total. The van der Waals surface area contributed by atoms with Crippen LogP contribution in [0.4, 0.5) is 0 Å². The average molecular weight is 333 g/mol. The van der Waals surface area contributed by atoms with E-state index in [0.29, 0.717) is 16.5 Å². The minimum Gasteiger partial charge on any atom is -0.298 e. The van der Waals surface area contributed by atoms with Crippen LogP contribution in [0, 0.1) is 0 Å². The molecule has 1 aromatic heterocycles. The Balaban J connectivity index is 2.20. The van der Waals surface area contributed by atoms with Crippen LogP contribution in [-0.4, -0.2) is 24.2 Å². The third-order valence-electron chi connectivity index (χ3n) is 3.27. The first-order chi connectivity index (χ1) is 10.5. The number of hydrogen-bond donors (Lipinski definition) is 0. The number of halogens is 1. The van der Waals surface area contributed by atoms with E-state index in [2.05, 4.69) is 4.98 Å². The number of hydrogen-bond acceptors (Lipinski definition) is 3. The van der Waals surface area contributed by atoms with E-state index in [1.54, 1.807) is 53.4 Å². The highest BCUT2D eigenvalue weighted by molar-refractivity contribution is 7.90. The van der Waals surface area contributed by atoms with Crippen molar-refractivity contribution in [3.63, 3.8) is 0 Å². The minimum absolute atomic E-state index is 0.267. The molecule has 0 saturated heterocycles. The van der Waals surface area contributed by atoms with Crippen LogP contribution in [0.5, 0.6) is 0 Å². The van der Waals surface area contributed by atoms with Gasteiger partial charge in [-0.1, -0.05) is 23.7 Å². The summed E-state index contributed by atoms with van der Waals surface area (Å²) < 4.78 is 25.7. The van der Waals surface area contributed by atoms with Crippen molar-refractivity contribution >= 4 is 21.4 Å². The summed E-state index contributed by atoms with van der Waals surface area (Å²) >= 11 is 5.91. The van der Waals surface area contributed by atoms with Crippen molar-refractivity contribution in [2.75, 3.05) is 6.26 Å². The van der Waals surface area contributed by atoms with Crippen LogP contribution in [0.25, 0.3) is 17.1 Å². The summed E-state index contributed by atoms with van der Waals surface area (Å²) in [4.78, 5) is 4.61. The lowest BCUT2D eigenvalue weighted by Gasteiger charge is -2.12. The van der Waals surface area contributed by atoms with Gasteiger partial charge in [-0.2, -0.15) is 0 Å².